The van der Waals surface area contributed by atoms with Gasteiger partial charge in [-0.1, -0.05) is 24.4 Å². The summed E-state index contributed by atoms with van der Waals surface area (Å²) in [6, 6.07) is 3.43. The van der Waals surface area contributed by atoms with Gasteiger partial charge in [0.2, 0.25) is 0 Å². The van der Waals surface area contributed by atoms with E-state index in [1.54, 1.807) is 19.1 Å². The number of benzene rings is 1. The van der Waals surface area contributed by atoms with E-state index in [0.717, 1.165) is 29.4 Å². The maximum absolute atomic E-state index is 12.8. The lowest BCUT2D eigenvalue weighted by molar-refractivity contribution is -0.143. The first-order valence-electron chi connectivity index (χ1n) is 9.67. The first-order valence-corrected chi connectivity index (χ1v) is 10.0. The third kappa shape index (κ3) is 4.82. The fourth-order valence-electron chi connectivity index (χ4n) is 3.14. The van der Waals surface area contributed by atoms with Crippen LogP contribution in [-0.4, -0.2) is 32.1 Å². The van der Waals surface area contributed by atoms with Crippen molar-refractivity contribution in [2.24, 2.45) is 0 Å². The van der Waals surface area contributed by atoms with Gasteiger partial charge in [0.1, 0.15) is 0 Å². The maximum atomic E-state index is 12.8. The number of aromatic nitrogens is 4. The van der Waals surface area contributed by atoms with Crippen molar-refractivity contribution in [2.45, 2.75) is 52.5 Å². The van der Waals surface area contributed by atoms with Crippen molar-refractivity contribution in [2.75, 3.05) is 6.61 Å². The molecule has 0 saturated carbocycles. The SMILES string of the molecule is CCOC(=O)CCCCCCn1c(=O)[nH]c2nc3cc(Cl)c(C)cc3nc2c1=O. The number of carbonyl (C=O) groups excluding carboxylic acids is 1. The van der Waals surface area contributed by atoms with E-state index in [0.29, 0.717) is 35.5 Å². The Morgan fingerprint density at radius 3 is 2.62 bits per heavy atom. The molecule has 2 aromatic heterocycles. The minimum atomic E-state index is -0.513. The van der Waals surface area contributed by atoms with Crippen molar-refractivity contribution in [3.63, 3.8) is 0 Å². The van der Waals surface area contributed by atoms with Gasteiger partial charge < -0.3 is 4.74 Å². The fraction of sp³-hybridized carbons (Fsp3) is 0.450. The first kappa shape index (κ1) is 21.0. The van der Waals surface area contributed by atoms with Gasteiger partial charge in [-0.15, -0.1) is 0 Å². The second-order valence-electron chi connectivity index (χ2n) is 6.87. The highest BCUT2D eigenvalue weighted by atomic mass is 35.5. The van der Waals surface area contributed by atoms with Gasteiger partial charge in [0.15, 0.2) is 11.2 Å². The normalized spacial score (nSPS) is 11.3. The number of nitrogens with zero attached hydrogens (tertiary/aromatic N) is 3. The standard InChI is InChI=1S/C20H23ClN4O4/c1-3-29-16(26)8-6-4-5-7-9-25-19(27)17-18(24-20(25)28)23-15-11-13(21)12(2)10-14(15)22-17/h10-11H,3-9H2,1-2H3,(H,23,24,28). The van der Waals surface area contributed by atoms with Gasteiger partial charge >= 0.3 is 11.7 Å². The maximum Gasteiger partial charge on any atom is 0.330 e. The van der Waals surface area contributed by atoms with Gasteiger partial charge in [0.05, 0.1) is 17.6 Å². The Morgan fingerprint density at radius 2 is 1.86 bits per heavy atom. The Hall–Kier alpha value is -2.74. The topological polar surface area (TPSA) is 107 Å². The Labute approximate surface area is 171 Å². The monoisotopic (exact) mass is 418 g/mol. The summed E-state index contributed by atoms with van der Waals surface area (Å²) in [4.78, 5) is 47.8. The van der Waals surface area contributed by atoms with Crippen molar-refractivity contribution in [1.29, 1.82) is 0 Å². The molecule has 154 valence electrons. The van der Waals surface area contributed by atoms with Crippen LogP contribution in [0.5, 0.6) is 0 Å². The van der Waals surface area contributed by atoms with Crippen LogP contribution in [0.1, 0.15) is 44.6 Å². The van der Waals surface area contributed by atoms with Crippen LogP contribution in [0.2, 0.25) is 5.02 Å². The summed E-state index contributed by atoms with van der Waals surface area (Å²) in [6.45, 7) is 4.29. The number of ether oxygens (including phenoxy) is 1. The molecule has 29 heavy (non-hydrogen) atoms. The molecule has 0 fully saturated rings. The van der Waals surface area contributed by atoms with Crippen LogP contribution in [0, 0.1) is 6.92 Å². The number of carbonyl (C=O) groups is 1. The van der Waals surface area contributed by atoms with Crippen molar-refractivity contribution < 1.29 is 9.53 Å². The molecule has 0 spiro atoms. The summed E-state index contributed by atoms with van der Waals surface area (Å²) in [7, 11) is 0. The van der Waals surface area contributed by atoms with Gasteiger partial charge in [-0.25, -0.2) is 14.8 Å². The lowest BCUT2D eigenvalue weighted by Gasteiger charge is -2.07. The molecule has 0 aliphatic heterocycles. The molecule has 0 bridgehead atoms. The number of esters is 1. The van der Waals surface area contributed by atoms with E-state index in [-0.39, 0.29) is 23.7 Å². The van der Waals surface area contributed by atoms with Gasteiger partial charge in [0, 0.05) is 18.0 Å². The van der Waals surface area contributed by atoms with Crippen molar-refractivity contribution >= 4 is 39.8 Å². The third-order valence-electron chi connectivity index (χ3n) is 4.68. The average Bonchev–Trinajstić information content (AvgIpc) is 2.67. The van der Waals surface area contributed by atoms with Crippen LogP contribution >= 0.6 is 11.6 Å². The molecule has 3 aromatic rings. The molecule has 1 N–H and O–H groups in total. The molecular weight excluding hydrogens is 396 g/mol. The number of hydrogen-bond acceptors (Lipinski definition) is 6. The molecule has 0 saturated heterocycles. The number of hydrogen-bond donors (Lipinski definition) is 1. The highest BCUT2D eigenvalue weighted by molar-refractivity contribution is 6.32. The number of fused-ring (bicyclic) bond motifs is 2. The molecule has 1 aromatic carbocycles. The number of rotatable bonds is 8. The zero-order chi connectivity index (χ0) is 21.0. The molecule has 9 heteroatoms. The van der Waals surface area contributed by atoms with Crippen LogP contribution in [0.4, 0.5) is 0 Å². The summed E-state index contributed by atoms with van der Waals surface area (Å²) < 4.78 is 6.03. The van der Waals surface area contributed by atoms with E-state index in [4.69, 9.17) is 16.3 Å². The van der Waals surface area contributed by atoms with Crippen LogP contribution < -0.4 is 11.2 Å². The quantitative estimate of drug-likeness (QED) is 0.342. The lowest BCUT2D eigenvalue weighted by Crippen LogP contribution is -2.35. The number of nitrogens with one attached hydrogen (secondary N) is 1. The number of aromatic amines is 1. The molecule has 8 nitrogen and oxygen atoms in total. The van der Waals surface area contributed by atoms with Crippen molar-refractivity contribution in [3.05, 3.63) is 43.6 Å². The molecule has 0 aliphatic rings. The Kier molecular flexibility index (Phi) is 6.64. The van der Waals surface area contributed by atoms with Crippen LogP contribution in [-0.2, 0) is 16.1 Å². The molecule has 2 heterocycles. The molecule has 0 unspecified atom stereocenters. The second-order valence-corrected chi connectivity index (χ2v) is 7.27. The molecule has 0 aliphatic carbocycles. The molecule has 0 radical (unpaired) electrons. The number of H-pyrrole nitrogens is 1. The van der Waals surface area contributed by atoms with E-state index in [2.05, 4.69) is 15.0 Å². The summed E-state index contributed by atoms with van der Waals surface area (Å²) in [6.07, 6.45) is 3.37. The lowest BCUT2D eigenvalue weighted by atomic mass is 10.1. The Morgan fingerprint density at radius 1 is 1.14 bits per heavy atom. The Bertz CT molecular complexity index is 1170. The molecular formula is C20H23ClN4O4. The number of aryl methyl sites for hydroxylation is 1. The first-order chi connectivity index (χ1) is 13.9. The van der Waals surface area contributed by atoms with Crippen molar-refractivity contribution in [1.82, 2.24) is 19.5 Å². The second kappa shape index (κ2) is 9.17. The molecule has 3 rings (SSSR count). The minimum Gasteiger partial charge on any atom is -0.466 e. The molecule has 0 amide bonds. The predicted octanol–water partition coefficient (Wildman–Crippen LogP) is 3.11. The number of unbranched alkanes of at least 4 members (excludes halogenated alkanes) is 3. The van der Waals surface area contributed by atoms with E-state index in [1.807, 2.05) is 6.92 Å². The summed E-state index contributed by atoms with van der Waals surface area (Å²) >= 11 is 6.12. The summed E-state index contributed by atoms with van der Waals surface area (Å²) in [5.41, 5.74) is 1.20. The average molecular weight is 419 g/mol. The highest BCUT2D eigenvalue weighted by Gasteiger charge is 2.12. The smallest absolute Gasteiger partial charge is 0.330 e. The van der Waals surface area contributed by atoms with Crippen LogP contribution in [0.15, 0.2) is 21.7 Å². The van der Waals surface area contributed by atoms with E-state index < -0.39 is 11.2 Å². The molecule has 0 atom stereocenters. The fourth-order valence-corrected chi connectivity index (χ4v) is 3.29. The third-order valence-corrected chi connectivity index (χ3v) is 5.09. The van der Waals surface area contributed by atoms with Crippen molar-refractivity contribution in [3.8, 4) is 0 Å². The largest absolute Gasteiger partial charge is 0.466 e. The highest BCUT2D eigenvalue weighted by Crippen LogP contribution is 2.21. The Balaban J connectivity index is 1.74. The zero-order valence-electron chi connectivity index (χ0n) is 16.5. The van der Waals surface area contributed by atoms with Crippen LogP contribution in [0.3, 0.4) is 0 Å². The summed E-state index contributed by atoms with van der Waals surface area (Å²) in [5, 5.41) is 0.546. The van der Waals surface area contributed by atoms with Gasteiger partial charge in [-0.2, -0.15) is 0 Å². The van der Waals surface area contributed by atoms with Crippen LogP contribution in [0.25, 0.3) is 22.2 Å². The van der Waals surface area contributed by atoms with Gasteiger partial charge in [-0.05, 0) is 44.4 Å². The van der Waals surface area contributed by atoms with Gasteiger partial charge in [-0.3, -0.25) is 19.1 Å². The zero-order valence-corrected chi connectivity index (χ0v) is 17.2. The summed E-state index contributed by atoms with van der Waals surface area (Å²) in [5.74, 6) is -0.197. The van der Waals surface area contributed by atoms with Gasteiger partial charge in [0.25, 0.3) is 5.56 Å². The van der Waals surface area contributed by atoms with E-state index in [1.165, 1.54) is 0 Å². The minimum absolute atomic E-state index is 0.126. The van der Waals surface area contributed by atoms with E-state index in [9.17, 15) is 14.4 Å². The number of halogens is 1. The van der Waals surface area contributed by atoms with E-state index >= 15 is 0 Å². The predicted molar refractivity (Wildman–Crippen MR) is 111 cm³/mol.